The molecular formula is C20H24N2O2. The van der Waals surface area contributed by atoms with Gasteiger partial charge in [-0.25, -0.2) is 0 Å². The molecule has 4 heteroatoms. The fraction of sp³-hybridized carbons (Fsp3) is 0.350. The summed E-state index contributed by atoms with van der Waals surface area (Å²) in [6.45, 7) is 6.02. The molecule has 2 aromatic carbocycles. The molecule has 1 saturated heterocycles. The SMILES string of the molecule is Cc1ccccc1C(=O)N(C)Cc1ccc(N2CCOCC2)cc1. The van der Waals surface area contributed by atoms with Gasteiger partial charge in [-0.05, 0) is 36.2 Å². The highest BCUT2D eigenvalue weighted by Crippen LogP contribution is 2.18. The lowest BCUT2D eigenvalue weighted by Crippen LogP contribution is -2.36. The van der Waals surface area contributed by atoms with Crippen LogP contribution < -0.4 is 4.90 Å². The van der Waals surface area contributed by atoms with E-state index < -0.39 is 0 Å². The van der Waals surface area contributed by atoms with E-state index in [0.717, 1.165) is 43.0 Å². The fourth-order valence-corrected chi connectivity index (χ4v) is 3.00. The molecule has 3 rings (SSSR count). The second kappa shape index (κ2) is 7.49. The van der Waals surface area contributed by atoms with Crippen molar-refractivity contribution in [2.75, 3.05) is 38.3 Å². The Balaban J connectivity index is 1.65. The molecule has 1 heterocycles. The van der Waals surface area contributed by atoms with E-state index in [1.165, 1.54) is 5.69 Å². The summed E-state index contributed by atoms with van der Waals surface area (Å²) < 4.78 is 5.39. The molecule has 0 bridgehead atoms. The van der Waals surface area contributed by atoms with E-state index >= 15 is 0 Å². The Hall–Kier alpha value is -2.33. The van der Waals surface area contributed by atoms with Crippen LogP contribution in [-0.2, 0) is 11.3 Å². The third-order valence-corrected chi connectivity index (χ3v) is 4.45. The van der Waals surface area contributed by atoms with E-state index in [1.54, 1.807) is 4.90 Å². The quantitative estimate of drug-likeness (QED) is 0.866. The number of nitrogens with zero attached hydrogens (tertiary/aromatic N) is 2. The Labute approximate surface area is 143 Å². The van der Waals surface area contributed by atoms with Crippen LogP contribution >= 0.6 is 0 Å². The van der Waals surface area contributed by atoms with Crippen LogP contribution in [0.3, 0.4) is 0 Å². The van der Waals surface area contributed by atoms with Crippen molar-refractivity contribution in [3.63, 3.8) is 0 Å². The van der Waals surface area contributed by atoms with Crippen LogP contribution in [0.2, 0.25) is 0 Å². The summed E-state index contributed by atoms with van der Waals surface area (Å²) in [5, 5.41) is 0. The molecular weight excluding hydrogens is 300 g/mol. The van der Waals surface area contributed by atoms with E-state index in [9.17, 15) is 4.79 Å². The Morgan fingerprint density at radius 3 is 2.42 bits per heavy atom. The molecule has 0 saturated carbocycles. The van der Waals surface area contributed by atoms with Gasteiger partial charge in [0.15, 0.2) is 0 Å². The molecule has 1 amide bonds. The normalized spacial score (nSPS) is 14.5. The van der Waals surface area contributed by atoms with Crippen LogP contribution in [0.25, 0.3) is 0 Å². The lowest BCUT2D eigenvalue weighted by atomic mass is 10.1. The highest BCUT2D eigenvalue weighted by atomic mass is 16.5. The first-order valence-electron chi connectivity index (χ1n) is 8.38. The standard InChI is InChI=1S/C20H24N2O2/c1-16-5-3-4-6-19(16)20(23)21(2)15-17-7-9-18(10-8-17)22-11-13-24-14-12-22/h3-10H,11-15H2,1-2H3. The van der Waals surface area contributed by atoms with Crippen molar-refractivity contribution in [3.05, 3.63) is 65.2 Å². The number of carbonyl (C=O) groups excluding carboxylic acids is 1. The van der Waals surface area contributed by atoms with Crippen molar-refractivity contribution in [2.24, 2.45) is 0 Å². The Kier molecular flexibility index (Phi) is 5.16. The van der Waals surface area contributed by atoms with E-state index in [1.807, 2.05) is 38.2 Å². The van der Waals surface area contributed by atoms with Crippen LogP contribution in [0.4, 0.5) is 5.69 Å². The minimum Gasteiger partial charge on any atom is -0.378 e. The predicted molar refractivity (Wildman–Crippen MR) is 96.5 cm³/mol. The highest BCUT2D eigenvalue weighted by Gasteiger charge is 2.15. The maximum absolute atomic E-state index is 12.6. The number of hydrogen-bond acceptors (Lipinski definition) is 3. The molecule has 0 unspecified atom stereocenters. The second-order valence-corrected chi connectivity index (χ2v) is 6.24. The van der Waals surface area contributed by atoms with Crippen LogP contribution in [-0.4, -0.2) is 44.2 Å². The third-order valence-electron chi connectivity index (χ3n) is 4.45. The Morgan fingerprint density at radius 2 is 1.75 bits per heavy atom. The first-order valence-corrected chi connectivity index (χ1v) is 8.38. The summed E-state index contributed by atoms with van der Waals surface area (Å²) in [6.07, 6.45) is 0. The van der Waals surface area contributed by atoms with Crippen molar-refractivity contribution < 1.29 is 9.53 Å². The number of ether oxygens (including phenoxy) is 1. The number of rotatable bonds is 4. The molecule has 4 nitrogen and oxygen atoms in total. The Bertz CT molecular complexity index is 691. The summed E-state index contributed by atoms with van der Waals surface area (Å²) in [4.78, 5) is 16.7. The number of morpholine rings is 1. The van der Waals surface area contributed by atoms with Crippen molar-refractivity contribution >= 4 is 11.6 Å². The van der Waals surface area contributed by atoms with E-state index in [4.69, 9.17) is 4.74 Å². The number of anilines is 1. The highest BCUT2D eigenvalue weighted by molar-refractivity contribution is 5.95. The molecule has 1 aliphatic rings. The van der Waals surface area contributed by atoms with Gasteiger partial charge in [0, 0.05) is 37.9 Å². The molecule has 0 aromatic heterocycles. The summed E-state index contributed by atoms with van der Waals surface area (Å²) in [5.41, 5.74) is 4.13. The maximum Gasteiger partial charge on any atom is 0.254 e. The number of hydrogen-bond donors (Lipinski definition) is 0. The molecule has 0 atom stereocenters. The molecule has 1 aliphatic heterocycles. The minimum absolute atomic E-state index is 0.0605. The number of carbonyl (C=O) groups is 1. The summed E-state index contributed by atoms with van der Waals surface area (Å²) in [6, 6.07) is 16.2. The molecule has 0 radical (unpaired) electrons. The van der Waals surface area contributed by atoms with Gasteiger partial charge >= 0.3 is 0 Å². The van der Waals surface area contributed by atoms with Crippen molar-refractivity contribution in [2.45, 2.75) is 13.5 Å². The molecule has 0 aliphatic carbocycles. The van der Waals surface area contributed by atoms with Gasteiger partial charge in [-0.1, -0.05) is 30.3 Å². The van der Waals surface area contributed by atoms with Crippen molar-refractivity contribution in [1.29, 1.82) is 0 Å². The number of aryl methyl sites for hydroxylation is 1. The van der Waals surface area contributed by atoms with Crippen molar-refractivity contribution in [3.8, 4) is 0 Å². The van der Waals surface area contributed by atoms with E-state index in [0.29, 0.717) is 6.54 Å². The van der Waals surface area contributed by atoms with E-state index in [2.05, 4.69) is 29.2 Å². The number of benzene rings is 2. The smallest absolute Gasteiger partial charge is 0.254 e. The lowest BCUT2D eigenvalue weighted by Gasteiger charge is -2.29. The molecule has 2 aromatic rings. The topological polar surface area (TPSA) is 32.8 Å². The zero-order chi connectivity index (χ0) is 16.9. The zero-order valence-corrected chi connectivity index (χ0v) is 14.4. The Morgan fingerprint density at radius 1 is 1.08 bits per heavy atom. The summed E-state index contributed by atoms with van der Waals surface area (Å²) in [7, 11) is 1.85. The third kappa shape index (κ3) is 3.77. The van der Waals surface area contributed by atoms with Gasteiger partial charge in [-0.2, -0.15) is 0 Å². The van der Waals surface area contributed by atoms with E-state index in [-0.39, 0.29) is 5.91 Å². The molecule has 24 heavy (non-hydrogen) atoms. The van der Waals surface area contributed by atoms with Gasteiger partial charge in [0.1, 0.15) is 0 Å². The minimum atomic E-state index is 0.0605. The zero-order valence-electron chi connectivity index (χ0n) is 14.4. The average Bonchev–Trinajstić information content (AvgIpc) is 2.63. The van der Waals surface area contributed by atoms with Gasteiger partial charge in [0.05, 0.1) is 13.2 Å². The van der Waals surface area contributed by atoms with Crippen LogP contribution in [0.15, 0.2) is 48.5 Å². The van der Waals surface area contributed by atoms with Gasteiger partial charge in [-0.3, -0.25) is 4.79 Å². The molecule has 0 N–H and O–H groups in total. The number of amides is 1. The second-order valence-electron chi connectivity index (χ2n) is 6.24. The largest absolute Gasteiger partial charge is 0.378 e. The van der Waals surface area contributed by atoms with Crippen LogP contribution in [0, 0.1) is 6.92 Å². The van der Waals surface area contributed by atoms with Crippen LogP contribution in [0.1, 0.15) is 21.5 Å². The van der Waals surface area contributed by atoms with Crippen molar-refractivity contribution in [1.82, 2.24) is 4.90 Å². The maximum atomic E-state index is 12.6. The van der Waals surface area contributed by atoms with Gasteiger partial charge in [-0.15, -0.1) is 0 Å². The summed E-state index contributed by atoms with van der Waals surface area (Å²) in [5.74, 6) is 0.0605. The van der Waals surface area contributed by atoms with Gasteiger partial charge < -0.3 is 14.5 Å². The predicted octanol–water partition coefficient (Wildman–Crippen LogP) is 3.10. The monoisotopic (exact) mass is 324 g/mol. The lowest BCUT2D eigenvalue weighted by molar-refractivity contribution is 0.0784. The van der Waals surface area contributed by atoms with Gasteiger partial charge in [0.2, 0.25) is 0 Å². The van der Waals surface area contributed by atoms with Gasteiger partial charge in [0.25, 0.3) is 5.91 Å². The van der Waals surface area contributed by atoms with Crippen LogP contribution in [0.5, 0.6) is 0 Å². The first-order chi connectivity index (χ1) is 11.6. The summed E-state index contributed by atoms with van der Waals surface area (Å²) >= 11 is 0. The first kappa shape index (κ1) is 16.5. The molecule has 1 fully saturated rings. The molecule has 0 spiro atoms. The fourth-order valence-electron chi connectivity index (χ4n) is 3.00. The molecule has 126 valence electrons. The average molecular weight is 324 g/mol.